The lowest BCUT2D eigenvalue weighted by molar-refractivity contribution is -0.608. The molecule has 0 radical (unpaired) electrons. The fourth-order valence-corrected chi connectivity index (χ4v) is 2.49. The molecule has 2 aromatic rings. The lowest BCUT2D eigenvalue weighted by atomic mass is 10.0. The van der Waals surface area contributed by atoms with Gasteiger partial charge in [-0.25, -0.2) is 4.79 Å². The first kappa shape index (κ1) is 19.4. The Morgan fingerprint density at radius 3 is 2.31 bits per heavy atom. The molecular weight excluding hydrogens is 332 g/mol. The van der Waals surface area contributed by atoms with Crippen LogP contribution in [-0.4, -0.2) is 28.4 Å². The van der Waals surface area contributed by atoms with E-state index in [1.54, 1.807) is 11.0 Å². The standard InChI is InChI=1S/C20H24N2O4/c1-15(26-19(24)17-12-8-9-13-22(17)25)18(23)21(20(2,3)4)14-16-10-6-5-7-11-16/h5-13,15H,14H2,1-4H3/t15-/m1/s1. The van der Waals surface area contributed by atoms with Gasteiger partial charge < -0.3 is 14.8 Å². The van der Waals surface area contributed by atoms with E-state index in [1.165, 1.54) is 25.3 Å². The highest BCUT2D eigenvalue weighted by Gasteiger charge is 2.33. The third-order valence-corrected chi connectivity index (χ3v) is 3.92. The van der Waals surface area contributed by atoms with Crippen LogP contribution in [0.1, 0.15) is 43.7 Å². The minimum Gasteiger partial charge on any atom is -0.618 e. The summed E-state index contributed by atoms with van der Waals surface area (Å²) in [5, 5.41) is 11.7. The summed E-state index contributed by atoms with van der Waals surface area (Å²) in [7, 11) is 0. The summed E-state index contributed by atoms with van der Waals surface area (Å²) in [4.78, 5) is 26.8. The van der Waals surface area contributed by atoms with Crippen LogP contribution in [0, 0.1) is 5.21 Å². The van der Waals surface area contributed by atoms with Crippen molar-refractivity contribution in [3.8, 4) is 0 Å². The number of hydrogen-bond donors (Lipinski definition) is 0. The molecule has 0 aliphatic rings. The van der Waals surface area contributed by atoms with Gasteiger partial charge in [-0.2, -0.15) is 4.73 Å². The molecule has 0 spiro atoms. The van der Waals surface area contributed by atoms with Crippen molar-refractivity contribution >= 4 is 11.9 Å². The van der Waals surface area contributed by atoms with Gasteiger partial charge in [0, 0.05) is 24.2 Å². The number of rotatable bonds is 5. The van der Waals surface area contributed by atoms with Gasteiger partial charge in [-0.3, -0.25) is 4.79 Å². The highest BCUT2D eigenvalue weighted by molar-refractivity contribution is 5.89. The lowest BCUT2D eigenvalue weighted by Gasteiger charge is -2.37. The molecule has 2 rings (SSSR count). The molecule has 1 amide bonds. The van der Waals surface area contributed by atoms with Crippen LogP contribution in [0.15, 0.2) is 54.7 Å². The number of benzene rings is 1. The molecule has 0 saturated heterocycles. The molecule has 1 atom stereocenters. The van der Waals surface area contributed by atoms with E-state index < -0.39 is 17.6 Å². The van der Waals surface area contributed by atoms with E-state index >= 15 is 0 Å². The second kappa shape index (κ2) is 7.99. The van der Waals surface area contributed by atoms with Crippen LogP contribution in [0.5, 0.6) is 0 Å². The Hall–Kier alpha value is -2.89. The fourth-order valence-electron chi connectivity index (χ4n) is 2.49. The molecule has 0 bridgehead atoms. The molecule has 0 aliphatic heterocycles. The molecule has 0 saturated carbocycles. The van der Waals surface area contributed by atoms with E-state index in [4.69, 9.17) is 4.74 Å². The van der Waals surface area contributed by atoms with E-state index in [9.17, 15) is 14.8 Å². The summed E-state index contributed by atoms with van der Waals surface area (Å²) in [6.07, 6.45) is 0.200. The minimum absolute atomic E-state index is 0.155. The van der Waals surface area contributed by atoms with E-state index in [0.29, 0.717) is 11.3 Å². The minimum atomic E-state index is -1.01. The summed E-state index contributed by atoms with van der Waals surface area (Å²) in [6, 6.07) is 14.0. The lowest BCUT2D eigenvalue weighted by Crippen LogP contribution is -2.50. The molecule has 0 fully saturated rings. The molecule has 0 aliphatic carbocycles. The van der Waals surface area contributed by atoms with Crippen molar-refractivity contribution in [1.29, 1.82) is 0 Å². The molecule has 0 unspecified atom stereocenters. The van der Waals surface area contributed by atoms with Gasteiger partial charge in [0.05, 0.1) is 0 Å². The summed E-state index contributed by atoms with van der Waals surface area (Å²) < 4.78 is 5.66. The Labute approximate surface area is 153 Å². The zero-order valence-corrected chi connectivity index (χ0v) is 15.5. The zero-order valence-electron chi connectivity index (χ0n) is 15.5. The normalized spacial score (nSPS) is 12.3. The maximum Gasteiger partial charge on any atom is 0.405 e. The zero-order chi connectivity index (χ0) is 19.3. The van der Waals surface area contributed by atoms with Gasteiger partial charge in [0.25, 0.3) is 5.91 Å². The topological polar surface area (TPSA) is 73.5 Å². The quantitative estimate of drug-likeness (QED) is 0.469. The van der Waals surface area contributed by atoms with Crippen molar-refractivity contribution in [3.63, 3.8) is 0 Å². The average molecular weight is 356 g/mol. The van der Waals surface area contributed by atoms with Crippen molar-refractivity contribution in [2.24, 2.45) is 0 Å². The van der Waals surface area contributed by atoms with Gasteiger partial charge >= 0.3 is 11.7 Å². The van der Waals surface area contributed by atoms with E-state index in [2.05, 4.69) is 0 Å². The van der Waals surface area contributed by atoms with Crippen molar-refractivity contribution in [1.82, 2.24) is 4.90 Å². The van der Waals surface area contributed by atoms with Gasteiger partial charge in [0.2, 0.25) is 0 Å². The largest absolute Gasteiger partial charge is 0.618 e. The van der Waals surface area contributed by atoms with Crippen LogP contribution < -0.4 is 4.73 Å². The maximum atomic E-state index is 12.9. The van der Waals surface area contributed by atoms with Crippen molar-refractivity contribution in [3.05, 3.63) is 71.2 Å². The Balaban J connectivity index is 2.14. The van der Waals surface area contributed by atoms with Crippen LogP contribution in [0.4, 0.5) is 0 Å². The number of carbonyl (C=O) groups excluding carboxylic acids is 2. The van der Waals surface area contributed by atoms with Crippen molar-refractivity contribution in [2.45, 2.75) is 45.9 Å². The Bertz CT molecular complexity index is 769. The van der Waals surface area contributed by atoms with Crippen LogP contribution in [0.3, 0.4) is 0 Å². The highest BCUT2D eigenvalue weighted by Crippen LogP contribution is 2.20. The molecule has 1 aromatic carbocycles. The number of amides is 1. The van der Waals surface area contributed by atoms with Gasteiger partial charge in [-0.1, -0.05) is 30.3 Å². The summed E-state index contributed by atoms with van der Waals surface area (Å²) in [5.74, 6) is -1.14. The van der Waals surface area contributed by atoms with Crippen LogP contribution >= 0.6 is 0 Å². The van der Waals surface area contributed by atoms with Gasteiger partial charge in [0.1, 0.15) is 0 Å². The predicted octanol–water partition coefficient (Wildman–Crippen LogP) is 2.69. The number of nitrogens with zero attached hydrogens (tertiary/aromatic N) is 2. The highest BCUT2D eigenvalue weighted by atomic mass is 16.6. The number of hydrogen-bond acceptors (Lipinski definition) is 4. The molecule has 6 heteroatoms. The van der Waals surface area contributed by atoms with Crippen molar-refractivity contribution in [2.75, 3.05) is 0 Å². The monoisotopic (exact) mass is 356 g/mol. The molecule has 1 aromatic heterocycles. The first-order valence-corrected chi connectivity index (χ1v) is 8.44. The Morgan fingerprint density at radius 1 is 1.12 bits per heavy atom. The van der Waals surface area contributed by atoms with Gasteiger partial charge in [-0.15, -0.1) is 0 Å². The van der Waals surface area contributed by atoms with Gasteiger partial charge in [-0.05, 0) is 39.3 Å². The Morgan fingerprint density at radius 2 is 1.73 bits per heavy atom. The second-order valence-corrected chi connectivity index (χ2v) is 7.04. The van der Waals surface area contributed by atoms with Crippen molar-refractivity contribution < 1.29 is 19.1 Å². The molecule has 0 N–H and O–H groups in total. The van der Waals surface area contributed by atoms with E-state index in [-0.39, 0.29) is 11.6 Å². The average Bonchev–Trinajstić information content (AvgIpc) is 2.59. The summed E-state index contributed by atoms with van der Waals surface area (Å²) in [5.41, 5.74) is 0.367. The smallest absolute Gasteiger partial charge is 0.405 e. The fraction of sp³-hybridized carbons (Fsp3) is 0.350. The Kier molecular flexibility index (Phi) is 5.97. The van der Waals surface area contributed by atoms with Crippen LogP contribution in [0.2, 0.25) is 0 Å². The number of carbonyl (C=O) groups is 2. The van der Waals surface area contributed by atoms with Crippen LogP contribution in [0.25, 0.3) is 0 Å². The van der Waals surface area contributed by atoms with Gasteiger partial charge in [0.15, 0.2) is 12.3 Å². The third-order valence-electron chi connectivity index (χ3n) is 3.92. The first-order chi connectivity index (χ1) is 12.2. The van der Waals surface area contributed by atoms with Crippen LogP contribution in [-0.2, 0) is 16.1 Å². The second-order valence-electron chi connectivity index (χ2n) is 7.04. The number of esters is 1. The first-order valence-electron chi connectivity index (χ1n) is 8.44. The molecule has 138 valence electrons. The van der Waals surface area contributed by atoms with E-state index in [1.807, 2.05) is 51.1 Å². The number of ether oxygens (including phenoxy) is 1. The molecule has 26 heavy (non-hydrogen) atoms. The molecule has 6 nitrogen and oxygen atoms in total. The molecule has 1 heterocycles. The number of aromatic nitrogens is 1. The third kappa shape index (κ3) is 4.81. The predicted molar refractivity (Wildman–Crippen MR) is 97.0 cm³/mol. The summed E-state index contributed by atoms with van der Waals surface area (Å²) >= 11 is 0. The maximum absolute atomic E-state index is 12.9. The SMILES string of the molecule is C[C@@H](OC(=O)c1cccc[n+]1[O-])C(=O)N(Cc1ccccc1)C(C)(C)C. The summed E-state index contributed by atoms with van der Waals surface area (Å²) in [6.45, 7) is 7.68. The van der Waals surface area contributed by atoms with E-state index in [0.717, 1.165) is 5.56 Å². The molecular formula is C20H24N2O4. The number of pyridine rings is 1.